The Bertz CT molecular complexity index is 473. The first kappa shape index (κ1) is 13.9. The summed E-state index contributed by atoms with van der Waals surface area (Å²) in [5.41, 5.74) is 1.15. The normalized spacial score (nSPS) is 26.1. The first-order chi connectivity index (χ1) is 9.72. The van der Waals surface area contributed by atoms with Crippen molar-refractivity contribution in [3.8, 4) is 0 Å². The lowest BCUT2D eigenvalue weighted by Gasteiger charge is -2.20. The van der Waals surface area contributed by atoms with Crippen molar-refractivity contribution in [2.24, 2.45) is 5.92 Å². The molecule has 20 heavy (non-hydrogen) atoms. The lowest BCUT2D eigenvalue weighted by Crippen LogP contribution is -2.43. The third kappa shape index (κ3) is 3.15. The van der Waals surface area contributed by atoms with Crippen LogP contribution in [0.3, 0.4) is 0 Å². The number of thioether (sulfide) groups is 1. The van der Waals surface area contributed by atoms with Crippen molar-refractivity contribution < 1.29 is 9.18 Å². The van der Waals surface area contributed by atoms with Crippen molar-refractivity contribution in [3.05, 3.63) is 35.6 Å². The number of hydrogen-bond acceptors (Lipinski definition) is 3. The molecule has 2 aliphatic rings. The van der Waals surface area contributed by atoms with Gasteiger partial charge in [-0.2, -0.15) is 0 Å². The summed E-state index contributed by atoms with van der Waals surface area (Å²) in [6.45, 7) is 1.69. The van der Waals surface area contributed by atoms with E-state index in [0.29, 0.717) is 5.92 Å². The minimum Gasteiger partial charge on any atom is -0.341 e. The minimum absolute atomic E-state index is 0.00423. The Morgan fingerprint density at radius 3 is 2.90 bits per heavy atom. The molecule has 0 spiro atoms. The molecule has 1 aromatic carbocycles. The highest BCUT2D eigenvalue weighted by molar-refractivity contribution is 7.99. The number of benzene rings is 1. The fourth-order valence-corrected chi connectivity index (χ4v) is 3.86. The van der Waals surface area contributed by atoms with Crippen LogP contribution in [0, 0.1) is 11.7 Å². The molecule has 1 N–H and O–H groups in total. The van der Waals surface area contributed by atoms with Crippen LogP contribution >= 0.6 is 11.8 Å². The number of likely N-dealkylation sites (tertiary alicyclic amines) is 1. The molecule has 2 atom stereocenters. The van der Waals surface area contributed by atoms with Crippen LogP contribution in [0.2, 0.25) is 0 Å². The molecule has 0 saturated carbocycles. The van der Waals surface area contributed by atoms with Gasteiger partial charge >= 0.3 is 0 Å². The summed E-state index contributed by atoms with van der Waals surface area (Å²) in [5, 5.41) is 3.23. The molecule has 3 rings (SSSR count). The van der Waals surface area contributed by atoms with E-state index < -0.39 is 0 Å². The van der Waals surface area contributed by atoms with Gasteiger partial charge in [-0.1, -0.05) is 12.1 Å². The van der Waals surface area contributed by atoms with Crippen molar-refractivity contribution in [3.63, 3.8) is 0 Å². The van der Waals surface area contributed by atoms with E-state index in [-0.39, 0.29) is 17.8 Å². The Kier molecular flexibility index (Phi) is 4.27. The van der Waals surface area contributed by atoms with Gasteiger partial charge in [0.25, 0.3) is 0 Å². The standard InChI is InChI=1S/C15H19FN2OS/c16-13-3-1-11(2-4-13)7-12-5-6-18(8-12)15(19)14-9-20-10-17-14/h1-4,12,14,17H,5-10H2. The van der Waals surface area contributed by atoms with Gasteiger partial charge in [-0.25, -0.2) is 4.39 Å². The summed E-state index contributed by atoms with van der Waals surface area (Å²) in [4.78, 5) is 14.3. The molecule has 1 amide bonds. The minimum atomic E-state index is -0.193. The quantitative estimate of drug-likeness (QED) is 0.924. The van der Waals surface area contributed by atoms with Crippen LogP contribution in [0.4, 0.5) is 4.39 Å². The molecule has 0 radical (unpaired) electrons. The smallest absolute Gasteiger partial charge is 0.240 e. The zero-order chi connectivity index (χ0) is 13.9. The topological polar surface area (TPSA) is 32.3 Å². The zero-order valence-electron chi connectivity index (χ0n) is 11.3. The largest absolute Gasteiger partial charge is 0.341 e. The van der Waals surface area contributed by atoms with E-state index in [0.717, 1.165) is 43.1 Å². The van der Waals surface area contributed by atoms with Gasteiger partial charge in [-0.15, -0.1) is 11.8 Å². The fraction of sp³-hybridized carbons (Fsp3) is 0.533. The Labute approximate surface area is 122 Å². The van der Waals surface area contributed by atoms with E-state index >= 15 is 0 Å². The van der Waals surface area contributed by atoms with E-state index in [2.05, 4.69) is 5.32 Å². The molecular formula is C15H19FN2OS. The summed E-state index contributed by atoms with van der Waals surface area (Å²) < 4.78 is 12.9. The van der Waals surface area contributed by atoms with Crippen LogP contribution in [-0.4, -0.2) is 41.6 Å². The lowest BCUT2D eigenvalue weighted by atomic mass is 9.99. The predicted molar refractivity (Wildman–Crippen MR) is 79.0 cm³/mol. The highest BCUT2D eigenvalue weighted by Crippen LogP contribution is 2.23. The summed E-state index contributed by atoms with van der Waals surface area (Å²) in [6, 6.07) is 6.70. The van der Waals surface area contributed by atoms with Crippen LogP contribution < -0.4 is 5.32 Å². The second kappa shape index (κ2) is 6.14. The van der Waals surface area contributed by atoms with Crippen molar-refractivity contribution >= 4 is 17.7 Å². The molecule has 0 bridgehead atoms. The van der Waals surface area contributed by atoms with Crippen LogP contribution in [0.15, 0.2) is 24.3 Å². The molecular weight excluding hydrogens is 275 g/mol. The maximum absolute atomic E-state index is 12.9. The molecule has 0 aromatic heterocycles. The average Bonchev–Trinajstić information content (AvgIpc) is 3.12. The first-order valence-electron chi connectivity index (χ1n) is 7.07. The number of carbonyl (C=O) groups is 1. The molecule has 2 fully saturated rings. The molecule has 2 heterocycles. The third-order valence-corrected chi connectivity index (χ3v) is 4.99. The van der Waals surface area contributed by atoms with Gasteiger partial charge < -0.3 is 4.90 Å². The molecule has 5 heteroatoms. The number of nitrogens with zero attached hydrogens (tertiary/aromatic N) is 1. The van der Waals surface area contributed by atoms with Crippen LogP contribution in [-0.2, 0) is 11.2 Å². The van der Waals surface area contributed by atoms with Gasteiger partial charge in [0, 0.05) is 24.7 Å². The molecule has 2 unspecified atom stereocenters. The number of carbonyl (C=O) groups excluding carboxylic acids is 1. The van der Waals surface area contributed by atoms with E-state index in [1.54, 1.807) is 11.8 Å². The zero-order valence-corrected chi connectivity index (χ0v) is 12.2. The summed E-state index contributed by atoms with van der Waals surface area (Å²) in [5.74, 6) is 2.32. The van der Waals surface area contributed by atoms with Crippen molar-refractivity contribution in [2.75, 3.05) is 24.7 Å². The summed E-state index contributed by atoms with van der Waals surface area (Å²) >= 11 is 1.78. The van der Waals surface area contributed by atoms with Crippen LogP contribution in [0.1, 0.15) is 12.0 Å². The van der Waals surface area contributed by atoms with Gasteiger partial charge in [0.1, 0.15) is 5.82 Å². The Morgan fingerprint density at radius 2 is 2.20 bits per heavy atom. The number of halogens is 1. The van der Waals surface area contributed by atoms with Crippen molar-refractivity contribution in [1.29, 1.82) is 0 Å². The lowest BCUT2D eigenvalue weighted by molar-refractivity contribution is -0.131. The van der Waals surface area contributed by atoms with Gasteiger partial charge in [0.05, 0.1) is 6.04 Å². The Hall–Kier alpha value is -1.07. The monoisotopic (exact) mass is 294 g/mol. The summed E-state index contributed by atoms with van der Waals surface area (Å²) in [7, 11) is 0. The Morgan fingerprint density at radius 1 is 1.40 bits per heavy atom. The van der Waals surface area contributed by atoms with Crippen molar-refractivity contribution in [1.82, 2.24) is 10.2 Å². The molecule has 2 saturated heterocycles. The molecule has 108 valence electrons. The van der Waals surface area contributed by atoms with Gasteiger partial charge in [0.15, 0.2) is 0 Å². The van der Waals surface area contributed by atoms with E-state index in [1.807, 2.05) is 17.0 Å². The molecule has 0 aliphatic carbocycles. The highest BCUT2D eigenvalue weighted by Gasteiger charge is 2.32. The van der Waals surface area contributed by atoms with Gasteiger partial charge in [0.2, 0.25) is 5.91 Å². The second-order valence-corrected chi connectivity index (χ2v) is 6.57. The maximum atomic E-state index is 12.9. The van der Waals surface area contributed by atoms with E-state index in [1.165, 1.54) is 12.1 Å². The average molecular weight is 294 g/mol. The van der Waals surface area contributed by atoms with Gasteiger partial charge in [-0.3, -0.25) is 10.1 Å². The summed E-state index contributed by atoms with van der Waals surface area (Å²) in [6.07, 6.45) is 1.97. The maximum Gasteiger partial charge on any atom is 0.240 e. The number of nitrogens with one attached hydrogen (secondary N) is 1. The van der Waals surface area contributed by atoms with Crippen LogP contribution in [0.25, 0.3) is 0 Å². The second-order valence-electron chi connectivity index (χ2n) is 5.54. The van der Waals surface area contributed by atoms with E-state index in [4.69, 9.17) is 0 Å². The molecule has 3 nitrogen and oxygen atoms in total. The molecule has 1 aromatic rings. The SMILES string of the molecule is O=C(C1CSCN1)N1CCC(Cc2ccc(F)cc2)C1. The van der Waals surface area contributed by atoms with Crippen molar-refractivity contribution in [2.45, 2.75) is 18.9 Å². The predicted octanol–water partition coefficient (Wildman–Crippen LogP) is 1.88. The Balaban J connectivity index is 1.54. The fourth-order valence-electron chi connectivity index (χ4n) is 2.93. The number of hydrogen-bond donors (Lipinski definition) is 1. The number of amides is 1. The number of rotatable bonds is 3. The van der Waals surface area contributed by atoms with Crippen LogP contribution in [0.5, 0.6) is 0 Å². The van der Waals surface area contributed by atoms with E-state index in [9.17, 15) is 9.18 Å². The van der Waals surface area contributed by atoms with Gasteiger partial charge in [-0.05, 0) is 36.5 Å². The highest BCUT2D eigenvalue weighted by atomic mass is 32.2. The first-order valence-corrected chi connectivity index (χ1v) is 8.22. The third-order valence-electron chi connectivity index (χ3n) is 4.05. The molecule has 2 aliphatic heterocycles.